The average molecular weight is 289 g/mol. The van der Waals surface area contributed by atoms with Gasteiger partial charge in [0.1, 0.15) is 5.60 Å². The molecule has 1 saturated heterocycles. The topological polar surface area (TPSA) is 87.7 Å². The largest absolute Gasteiger partial charge is 0.444 e. The molecule has 1 fully saturated rings. The summed E-state index contributed by atoms with van der Waals surface area (Å²) in [4.78, 5) is 34.8. The molecule has 0 aromatic carbocycles. The van der Waals surface area contributed by atoms with Gasteiger partial charge in [-0.2, -0.15) is 0 Å². The highest BCUT2D eigenvalue weighted by Crippen LogP contribution is 2.26. The molecule has 0 radical (unpaired) electrons. The van der Waals surface area contributed by atoms with Gasteiger partial charge in [0.2, 0.25) is 12.1 Å². The fraction of sp³-hybridized carbons (Fsp3) is 0.750. The van der Waals surface area contributed by atoms with E-state index >= 15 is 0 Å². The monoisotopic (exact) mass is 289 g/mol. The number of hydrazine groups is 1. The number of carbonyl (C=O) groups is 3. The molecule has 0 aromatic rings. The molecule has 0 aromatic heterocycles. The van der Waals surface area contributed by atoms with E-state index in [9.17, 15) is 18.8 Å². The van der Waals surface area contributed by atoms with Crippen LogP contribution in [0.4, 0.5) is 9.18 Å². The van der Waals surface area contributed by atoms with Gasteiger partial charge in [-0.25, -0.2) is 9.18 Å². The molecule has 8 heteroatoms. The Hall–Kier alpha value is -1.86. The molecule has 0 spiro atoms. The number of carbonyl (C=O) groups excluding carboxylic acids is 3. The third kappa shape index (κ3) is 4.36. The highest BCUT2D eigenvalue weighted by Gasteiger charge is 2.44. The Morgan fingerprint density at radius 2 is 2.05 bits per heavy atom. The van der Waals surface area contributed by atoms with Gasteiger partial charge in [-0.05, 0) is 33.6 Å². The molecular formula is C12H20FN3O4. The second-order valence-electron chi connectivity index (χ2n) is 5.69. The van der Waals surface area contributed by atoms with E-state index in [1.807, 2.05) is 10.9 Å². The molecular weight excluding hydrogens is 269 g/mol. The van der Waals surface area contributed by atoms with Crippen LogP contribution >= 0.6 is 0 Å². The summed E-state index contributed by atoms with van der Waals surface area (Å²) in [6, 6.07) is 0. The average Bonchev–Trinajstić information content (AvgIpc) is 2.33. The lowest BCUT2D eigenvalue weighted by atomic mass is 9.94. The number of amides is 3. The SMILES string of the molecule is CC(C)(C)OC(=O)N1CCCC(F)(C(=O)NNC=O)C1. The zero-order valence-corrected chi connectivity index (χ0v) is 11.9. The minimum absolute atomic E-state index is 0.0152. The number of alkyl halides is 1. The standard InChI is InChI=1S/C12H20FN3O4/c1-11(2,3)20-10(19)16-6-4-5-12(13,7-16)9(18)15-14-8-17/h8H,4-7H2,1-3H3,(H,14,17)(H,15,18). The zero-order valence-electron chi connectivity index (χ0n) is 11.9. The minimum Gasteiger partial charge on any atom is -0.444 e. The van der Waals surface area contributed by atoms with Crippen molar-refractivity contribution < 1.29 is 23.5 Å². The lowest BCUT2D eigenvalue weighted by Crippen LogP contribution is -2.58. The van der Waals surface area contributed by atoms with Crippen LogP contribution in [0.3, 0.4) is 0 Å². The van der Waals surface area contributed by atoms with Gasteiger partial charge in [0, 0.05) is 6.54 Å². The number of rotatable bonds is 3. The highest BCUT2D eigenvalue weighted by molar-refractivity contribution is 5.86. The Morgan fingerprint density at radius 1 is 1.40 bits per heavy atom. The van der Waals surface area contributed by atoms with E-state index in [-0.39, 0.29) is 12.8 Å². The predicted molar refractivity (Wildman–Crippen MR) is 68.2 cm³/mol. The van der Waals surface area contributed by atoms with E-state index in [1.54, 1.807) is 20.8 Å². The first-order valence-corrected chi connectivity index (χ1v) is 6.34. The number of ether oxygens (including phenoxy) is 1. The van der Waals surface area contributed by atoms with Gasteiger partial charge in [-0.3, -0.25) is 20.4 Å². The van der Waals surface area contributed by atoms with Crippen molar-refractivity contribution in [1.82, 2.24) is 15.8 Å². The van der Waals surface area contributed by atoms with E-state index in [4.69, 9.17) is 4.74 Å². The normalized spacial score (nSPS) is 22.9. The summed E-state index contributed by atoms with van der Waals surface area (Å²) in [5.41, 5.74) is 0.921. The number of hydrogen-bond donors (Lipinski definition) is 2. The molecule has 0 bridgehead atoms. The number of piperidine rings is 1. The van der Waals surface area contributed by atoms with Gasteiger partial charge in [0.15, 0.2) is 0 Å². The van der Waals surface area contributed by atoms with Crippen molar-refractivity contribution in [3.8, 4) is 0 Å². The highest BCUT2D eigenvalue weighted by atomic mass is 19.1. The van der Waals surface area contributed by atoms with E-state index in [1.165, 1.54) is 0 Å². The molecule has 1 aliphatic heterocycles. The van der Waals surface area contributed by atoms with Crippen LogP contribution in [0.2, 0.25) is 0 Å². The molecule has 1 heterocycles. The van der Waals surface area contributed by atoms with Gasteiger partial charge in [0.25, 0.3) is 5.91 Å². The fourth-order valence-electron chi connectivity index (χ4n) is 1.89. The summed E-state index contributed by atoms with van der Waals surface area (Å²) >= 11 is 0. The molecule has 3 amide bonds. The molecule has 20 heavy (non-hydrogen) atoms. The van der Waals surface area contributed by atoms with Gasteiger partial charge in [-0.1, -0.05) is 0 Å². The maximum Gasteiger partial charge on any atom is 0.410 e. The van der Waals surface area contributed by atoms with Crippen LogP contribution in [0.5, 0.6) is 0 Å². The number of likely N-dealkylation sites (tertiary alicyclic amines) is 1. The summed E-state index contributed by atoms with van der Waals surface area (Å²) in [6.45, 7) is 5.05. The number of halogens is 1. The Bertz CT molecular complexity index is 397. The summed E-state index contributed by atoms with van der Waals surface area (Å²) in [5.74, 6) is -0.974. The van der Waals surface area contributed by atoms with Crippen molar-refractivity contribution in [2.75, 3.05) is 13.1 Å². The third-order valence-electron chi connectivity index (χ3n) is 2.75. The Kier molecular flexibility index (Phi) is 4.91. The van der Waals surface area contributed by atoms with Crippen LogP contribution in [-0.2, 0) is 14.3 Å². The van der Waals surface area contributed by atoms with Crippen LogP contribution in [0.15, 0.2) is 0 Å². The molecule has 1 aliphatic rings. The van der Waals surface area contributed by atoms with E-state index < -0.39 is 29.8 Å². The van der Waals surface area contributed by atoms with Crippen LogP contribution in [-0.4, -0.2) is 47.7 Å². The fourth-order valence-corrected chi connectivity index (χ4v) is 1.89. The first kappa shape index (κ1) is 16.2. The van der Waals surface area contributed by atoms with Gasteiger partial charge >= 0.3 is 6.09 Å². The third-order valence-corrected chi connectivity index (χ3v) is 2.75. The number of nitrogens with zero attached hydrogens (tertiary/aromatic N) is 1. The minimum atomic E-state index is -2.23. The lowest BCUT2D eigenvalue weighted by Gasteiger charge is -2.36. The number of nitrogens with one attached hydrogen (secondary N) is 2. The van der Waals surface area contributed by atoms with Crippen molar-refractivity contribution in [2.24, 2.45) is 0 Å². The van der Waals surface area contributed by atoms with E-state index in [0.29, 0.717) is 13.0 Å². The van der Waals surface area contributed by atoms with Gasteiger partial charge < -0.3 is 9.64 Å². The van der Waals surface area contributed by atoms with Gasteiger partial charge in [0.05, 0.1) is 6.54 Å². The first-order chi connectivity index (χ1) is 9.18. The van der Waals surface area contributed by atoms with Crippen molar-refractivity contribution in [3.63, 3.8) is 0 Å². The molecule has 7 nitrogen and oxygen atoms in total. The smallest absolute Gasteiger partial charge is 0.410 e. The Labute approximate surface area is 116 Å². The molecule has 1 rings (SSSR count). The van der Waals surface area contributed by atoms with Crippen molar-refractivity contribution in [1.29, 1.82) is 0 Å². The van der Waals surface area contributed by atoms with Crippen LogP contribution in [0.1, 0.15) is 33.6 Å². The zero-order chi connectivity index (χ0) is 15.4. The molecule has 1 unspecified atom stereocenters. The molecule has 1 atom stereocenters. The van der Waals surface area contributed by atoms with Crippen LogP contribution < -0.4 is 10.9 Å². The first-order valence-electron chi connectivity index (χ1n) is 6.34. The van der Waals surface area contributed by atoms with Crippen LogP contribution in [0.25, 0.3) is 0 Å². The molecule has 2 N–H and O–H groups in total. The summed E-state index contributed by atoms with van der Waals surface area (Å²) in [7, 11) is 0. The second kappa shape index (κ2) is 6.06. The maximum absolute atomic E-state index is 14.5. The molecule has 114 valence electrons. The Balaban J connectivity index is 2.67. The summed E-state index contributed by atoms with van der Waals surface area (Å²) in [5, 5.41) is 0. The lowest BCUT2D eigenvalue weighted by molar-refractivity contribution is -0.138. The maximum atomic E-state index is 14.5. The van der Waals surface area contributed by atoms with Crippen molar-refractivity contribution >= 4 is 18.4 Å². The quantitative estimate of drug-likeness (QED) is 0.585. The van der Waals surface area contributed by atoms with E-state index in [0.717, 1.165) is 4.90 Å². The van der Waals surface area contributed by atoms with Crippen LogP contribution in [0, 0.1) is 0 Å². The van der Waals surface area contributed by atoms with Crippen molar-refractivity contribution in [3.05, 3.63) is 0 Å². The van der Waals surface area contributed by atoms with E-state index in [2.05, 4.69) is 0 Å². The van der Waals surface area contributed by atoms with Crippen molar-refractivity contribution in [2.45, 2.75) is 44.9 Å². The summed E-state index contributed by atoms with van der Waals surface area (Å²) < 4.78 is 19.7. The second-order valence-corrected chi connectivity index (χ2v) is 5.69. The molecule has 0 saturated carbocycles. The van der Waals surface area contributed by atoms with Gasteiger partial charge in [-0.15, -0.1) is 0 Å². The number of hydrogen-bond acceptors (Lipinski definition) is 4. The Morgan fingerprint density at radius 3 is 2.60 bits per heavy atom. The summed E-state index contributed by atoms with van der Waals surface area (Å²) in [6.07, 6.45) is -0.103. The predicted octanol–water partition coefficient (Wildman–Crippen LogP) is 0.503. The molecule has 0 aliphatic carbocycles.